The molecule has 0 aliphatic carbocycles. The molecule has 0 aliphatic rings. The molecule has 0 fully saturated rings. The molecule has 4 aromatic carbocycles. The minimum atomic E-state index is 0.880. The van der Waals surface area contributed by atoms with Gasteiger partial charge in [0.25, 0.3) is 0 Å². The highest BCUT2D eigenvalue weighted by Crippen LogP contribution is 2.39. The summed E-state index contributed by atoms with van der Waals surface area (Å²) in [6, 6.07) is 17.2. The number of benzene rings is 4. The molecule has 0 radical (unpaired) electrons. The summed E-state index contributed by atoms with van der Waals surface area (Å²) >= 11 is 0. The minimum Gasteiger partial charge on any atom is -0.496 e. The molecule has 0 saturated carbocycles. The SMILES string of the molecule is C=Cc1c(OC)cc2ccc3cccc4ccc1c2c34. The Morgan fingerprint density at radius 2 is 1.60 bits per heavy atom. The highest BCUT2D eigenvalue weighted by molar-refractivity contribution is 6.24. The number of ether oxygens (including phenoxy) is 1. The number of hydrogen-bond acceptors (Lipinski definition) is 1. The van der Waals surface area contributed by atoms with Crippen molar-refractivity contribution in [3.63, 3.8) is 0 Å². The zero-order valence-corrected chi connectivity index (χ0v) is 11.3. The summed E-state index contributed by atoms with van der Waals surface area (Å²) in [5, 5.41) is 7.61. The van der Waals surface area contributed by atoms with Gasteiger partial charge in [0.1, 0.15) is 5.75 Å². The van der Waals surface area contributed by atoms with Crippen LogP contribution in [-0.4, -0.2) is 7.11 Å². The molecule has 0 saturated heterocycles. The normalized spacial score (nSPS) is 11.4. The molecule has 0 bridgehead atoms. The monoisotopic (exact) mass is 258 g/mol. The highest BCUT2D eigenvalue weighted by Gasteiger charge is 2.13. The molecule has 0 heterocycles. The van der Waals surface area contributed by atoms with E-state index in [4.69, 9.17) is 4.74 Å². The molecule has 1 heteroatoms. The van der Waals surface area contributed by atoms with E-state index in [0.717, 1.165) is 11.3 Å². The molecule has 0 aromatic heterocycles. The van der Waals surface area contributed by atoms with Crippen molar-refractivity contribution in [2.45, 2.75) is 0 Å². The summed E-state index contributed by atoms with van der Waals surface area (Å²) in [4.78, 5) is 0. The van der Waals surface area contributed by atoms with Crippen molar-refractivity contribution in [2.24, 2.45) is 0 Å². The molecule has 0 atom stereocenters. The van der Waals surface area contributed by atoms with E-state index in [9.17, 15) is 0 Å². The Bertz CT molecular complexity index is 934. The predicted octanol–water partition coefficient (Wildman–Crippen LogP) is 5.24. The Balaban J connectivity index is 2.37. The zero-order valence-electron chi connectivity index (χ0n) is 11.3. The summed E-state index contributed by atoms with van der Waals surface area (Å²) in [6.07, 6.45) is 1.88. The standard InChI is InChI=1S/C19H14O/c1-3-15-16-10-9-13-6-4-5-12-7-8-14(11-17(15)20-2)19(16)18(12)13/h3-11H,1H2,2H3. The third-order valence-electron chi connectivity index (χ3n) is 4.08. The van der Waals surface area contributed by atoms with Crippen molar-refractivity contribution < 1.29 is 4.74 Å². The van der Waals surface area contributed by atoms with Crippen LogP contribution in [0, 0.1) is 0 Å². The second-order valence-corrected chi connectivity index (χ2v) is 5.05. The summed E-state index contributed by atoms with van der Waals surface area (Å²) in [5.41, 5.74) is 1.07. The van der Waals surface area contributed by atoms with Gasteiger partial charge in [0.15, 0.2) is 0 Å². The fourth-order valence-corrected chi connectivity index (χ4v) is 3.18. The van der Waals surface area contributed by atoms with Crippen molar-refractivity contribution >= 4 is 38.4 Å². The fraction of sp³-hybridized carbons (Fsp3) is 0.0526. The van der Waals surface area contributed by atoms with Crippen LogP contribution in [0.2, 0.25) is 0 Å². The summed E-state index contributed by atoms with van der Waals surface area (Å²) in [6.45, 7) is 3.94. The van der Waals surface area contributed by atoms with E-state index in [1.807, 2.05) is 6.08 Å². The van der Waals surface area contributed by atoms with Gasteiger partial charge in [-0.1, -0.05) is 55.1 Å². The molecule has 20 heavy (non-hydrogen) atoms. The van der Waals surface area contributed by atoms with E-state index in [-0.39, 0.29) is 0 Å². The van der Waals surface area contributed by atoms with Crippen LogP contribution in [-0.2, 0) is 0 Å². The van der Waals surface area contributed by atoms with E-state index in [1.165, 1.54) is 32.3 Å². The lowest BCUT2D eigenvalue weighted by atomic mass is 9.91. The highest BCUT2D eigenvalue weighted by atomic mass is 16.5. The minimum absolute atomic E-state index is 0.880. The lowest BCUT2D eigenvalue weighted by Gasteiger charge is -2.15. The molecule has 0 amide bonds. The molecular formula is C19H14O. The quantitative estimate of drug-likeness (QED) is 0.447. The smallest absolute Gasteiger partial charge is 0.127 e. The molecule has 0 N–H and O–H groups in total. The molecular weight excluding hydrogens is 244 g/mol. The third kappa shape index (κ3) is 1.32. The molecule has 0 spiro atoms. The topological polar surface area (TPSA) is 9.23 Å². The number of methoxy groups -OCH3 is 1. The van der Waals surface area contributed by atoms with Crippen LogP contribution in [0.25, 0.3) is 38.4 Å². The Labute approximate surface area is 117 Å². The van der Waals surface area contributed by atoms with Crippen LogP contribution in [0.5, 0.6) is 5.75 Å². The van der Waals surface area contributed by atoms with E-state index < -0.39 is 0 Å². The van der Waals surface area contributed by atoms with Gasteiger partial charge < -0.3 is 4.74 Å². The molecule has 0 unspecified atom stereocenters. The van der Waals surface area contributed by atoms with Crippen LogP contribution in [0.15, 0.2) is 55.1 Å². The number of rotatable bonds is 2. The van der Waals surface area contributed by atoms with E-state index in [1.54, 1.807) is 7.11 Å². The van der Waals surface area contributed by atoms with Gasteiger partial charge in [0.2, 0.25) is 0 Å². The lowest BCUT2D eigenvalue weighted by molar-refractivity contribution is 0.415. The van der Waals surface area contributed by atoms with Crippen molar-refractivity contribution in [1.82, 2.24) is 0 Å². The van der Waals surface area contributed by atoms with Gasteiger partial charge in [-0.3, -0.25) is 0 Å². The van der Waals surface area contributed by atoms with Crippen LogP contribution in [0.1, 0.15) is 5.56 Å². The maximum Gasteiger partial charge on any atom is 0.127 e. The van der Waals surface area contributed by atoms with E-state index >= 15 is 0 Å². The Morgan fingerprint density at radius 3 is 2.30 bits per heavy atom. The Morgan fingerprint density at radius 1 is 0.900 bits per heavy atom. The van der Waals surface area contributed by atoms with Gasteiger partial charge in [-0.25, -0.2) is 0 Å². The molecule has 0 aliphatic heterocycles. The largest absolute Gasteiger partial charge is 0.496 e. The van der Waals surface area contributed by atoms with Gasteiger partial charge in [-0.2, -0.15) is 0 Å². The predicted molar refractivity (Wildman–Crippen MR) is 86.8 cm³/mol. The first-order valence-electron chi connectivity index (χ1n) is 6.70. The third-order valence-corrected chi connectivity index (χ3v) is 4.08. The zero-order chi connectivity index (χ0) is 13.7. The Hall–Kier alpha value is -2.54. The van der Waals surface area contributed by atoms with Crippen molar-refractivity contribution in [2.75, 3.05) is 7.11 Å². The van der Waals surface area contributed by atoms with Crippen molar-refractivity contribution in [3.8, 4) is 5.75 Å². The average molecular weight is 258 g/mol. The maximum absolute atomic E-state index is 5.51. The van der Waals surface area contributed by atoms with Gasteiger partial charge in [0, 0.05) is 5.56 Å². The first-order valence-corrected chi connectivity index (χ1v) is 6.70. The van der Waals surface area contributed by atoms with Crippen LogP contribution >= 0.6 is 0 Å². The van der Waals surface area contributed by atoms with Crippen molar-refractivity contribution in [3.05, 3.63) is 60.7 Å². The first-order chi connectivity index (χ1) is 9.83. The summed E-state index contributed by atoms with van der Waals surface area (Å²) in [7, 11) is 1.71. The average Bonchev–Trinajstić information content (AvgIpc) is 2.51. The van der Waals surface area contributed by atoms with Gasteiger partial charge in [0.05, 0.1) is 7.11 Å². The van der Waals surface area contributed by atoms with Gasteiger partial charge >= 0.3 is 0 Å². The summed E-state index contributed by atoms with van der Waals surface area (Å²) in [5.74, 6) is 0.880. The number of hydrogen-bond donors (Lipinski definition) is 0. The van der Waals surface area contributed by atoms with Crippen LogP contribution < -0.4 is 4.74 Å². The van der Waals surface area contributed by atoms with E-state index in [2.05, 4.69) is 55.1 Å². The van der Waals surface area contributed by atoms with Gasteiger partial charge in [-0.15, -0.1) is 0 Å². The molecule has 1 nitrogen and oxygen atoms in total. The molecule has 4 aromatic rings. The summed E-state index contributed by atoms with van der Waals surface area (Å²) < 4.78 is 5.51. The lowest BCUT2D eigenvalue weighted by Crippen LogP contribution is -1.91. The van der Waals surface area contributed by atoms with E-state index in [0.29, 0.717) is 0 Å². The van der Waals surface area contributed by atoms with Crippen molar-refractivity contribution in [1.29, 1.82) is 0 Å². The second kappa shape index (κ2) is 3.97. The Kier molecular flexibility index (Phi) is 2.25. The fourth-order valence-electron chi connectivity index (χ4n) is 3.18. The molecule has 96 valence electrons. The van der Waals surface area contributed by atoms with Crippen LogP contribution in [0.4, 0.5) is 0 Å². The van der Waals surface area contributed by atoms with Gasteiger partial charge in [-0.05, 0) is 38.4 Å². The van der Waals surface area contributed by atoms with Crippen LogP contribution in [0.3, 0.4) is 0 Å². The first kappa shape index (κ1) is 11.3. The molecule has 4 rings (SSSR count). The maximum atomic E-state index is 5.51. The second-order valence-electron chi connectivity index (χ2n) is 5.05.